The summed E-state index contributed by atoms with van der Waals surface area (Å²) < 4.78 is 11.4. The fourth-order valence-corrected chi connectivity index (χ4v) is 4.03. The molecule has 1 saturated carbocycles. The maximum absolute atomic E-state index is 13.3. The molecule has 1 fully saturated rings. The van der Waals surface area contributed by atoms with E-state index < -0.39 is 11.5 Å². The Morgan fingerprint density at radius 3 is 2.21 bits per heavy atom. The summed E-state index contributed by atoms with van der Waals surface area (Å²) in [5.41, 5.74) is 0.474. The number of amides is 1. The topological polar surface area (TPSA) is 71.7 Å². The number of hydrogen-bond donors (Lipinski definition) is 2. The summed E-state index contributed by atoms with van der Waals surface area (Å²) in [6.45, 7) is 0.117. The third-order valence-electron chi connectivity index (χ3n) is 5.67. The molecule has 0 radical (unpaired) electrons. The zero-order valence-electron chi connectivity index (χ0n) is 15.3. The van der Waals surface area contributed by atoms with Gasteiger partial charge in [-0.25, -0.2) is 0 Å². The van der Waals surface area contributed by atoms with Crippen LogP contribution in [0.25, 0.3) is 0 Å². The first-order valence-corrected chi connectivity index (χ1v) is 9.56. The minimum atomic E-state index is -1.18. The first-order valence-electron chi connectivity index (χ1n) is 9.56. The predicted octanol–water partition coefficient (Wildman–Crippen LogP) is 3.93. The van der Waals surface area contributed by atoms with Gasteiger partial charge >= 0.3 is 0 Å². The monoisotopic (exact) mass is 375 g/mol. The number of rotatable bonds is 5. The molecule has 0 spiro atoms. The Morgan fingerprint density at radius 2 is 1.64 bits per heavy atom. The Kier molecular flexibility index (Phi) is 3.98. The number of furan rings is 1. The molecular weight excluding hydrogens is 354 g/mol. The molecule has 2 heterocycles. The first-order chi connectivity index (χ1) is 13.7. The molecule has 1 aliphatic carbocycles. The van der Waals surface area contributed by atoms with Crippen LogP contribution >= 0.6 is 0 Å². The molecule has 3 aromatic rings. The van der Waals surface area contributed by atoms with E-state index in [1.165, 1.54) is 0 Å². The van der Waals surface area contributed by atoms with Crippen LogP contribution in [-0.2, 0) is 10.4 Å². The lowest BCUT2D eigenvalue weighted by Gasteiger charge is -2.30. The summed E-state index contributed by atoms with van der Waals surface area (Å²) in [6.07, 6.45) is 3.40. The Balaban J connectivity index is 1.44. The highest BCUT2D eigenvalue weighted by Crippen LogP contribution is 2.46. The number of ether oxygens (including phenoxy) is 1. The van der Waals surface area contributed by atoms with E-state index in [0.29, 0.717) is 17.3 Å². The smallest absolute Gasteiger partial charge is 0.232 e. The molecule has 28 heavy (non-hydrogen) atoms. The Bertz CT molecular complexity index is 963. The molecule has 5 nitrogen and oxygen atoms in total. The molecule has 2 N–H and O–H groups in total. The van der Waals surface area contributed by atoms with Crippen LogP contribution in [0.3, 0.4) is 0 Å². The summed E-state index contributed by atoms with van der Waals surface area (Å²) in [5, 5.41) is 14.2. The standard InChI is InChI=1S/C23H21NO4/c25-22(24-14-23(26,15-11-12-15)20-10-5-13-27-20)21-16-6-1-3-8-18(16)28-19-9-4-2-7-17(19)21/h1-10,13,15,21,26H,11-12,14H2,(H,24,25)/t23-/m1/s1. The van der Waals surface area contributed by atoms with Gasteiger partial charge in [0.05, 0.1) is 18.7 Å². The minimum absolute atomic E-state index is 0.105. The molecule has 5 rings (SSSR count). The maximum Gasteiger partial charge on any atom is 0.232 e. The fourth-order valence-electron chi connectivity index (χ4n) is 4.03. The van der Waals surface area contributed by atoms with E-state index in [1.807, 2.05) is 48.5 Å². The third kappa shape index (κ3) is 2.79. The SMILES string of the molecule is O=C(NC[C@](O)(c1ccco1)C1CC1)C1c2ccccc2Oc2ccccc21. The minimum Gasteiger partial charge on any atom is -0.466 e. The van der Waals surface area contributed by atoms with E-state index in [4.69, 9.17) is 9.15 Å². The van der Waals surface area contributed by atoms with Crippen LogP contribution in [0.5, 0.6) is 11.5 Å². The summed E-state index contributed by atoms with van der Waals surface area (Å²) >= 11 is 0. The lowest BCUT2D eigenvalue weighted by molar-refractivity contribution is -0.123. The molecule has 142 valence electrons. The number of nitrogens with one attached hydrogen (secondary N) is 1. The second kappa shape index (κ2) is 6.53. The van der Waals surface area contributed by atoms with Gasteiger partial charge in [-0.1, -0.05) is 36.4 Å². The van der Waals surface area contributed by atoms with Crippen molar-refractivity contribution >= 4 is 5.91 Å². The van der Waals surface area contributed by atoms with Gasteiger partial charge in [0.25, 0.3) is 0 Å². The van der Waals surface area contributed by atoms with Crippen molar-refractivity contribution < 1.29 is 19.1 Å². The zero-order chi connectivity index (χ0) is 19.1. The molecule has 2 aliphatic rings. The normalized spacial score (nSPS) is 17.8. The second-order valence-corrected chi connectivity index (χ2v) is 7.50. The fraction of sp³-hybridized carbons (Fsp3) is 0.261. The average Bonchev–Trinajstić information content (AvgIpc) is 3.44. The molecule has 0 bridgehead atoms. The molecule has 2 aromatic carbocycles. The van der Waals surface area contributed by atoms with Crippen molar-refractivity contribution in [2.24, 2.45) is 5.92 Å². The predicted molar refractivity (Wildman–Crippen MR) is 103 cm³/mol. The quantitative estimate of drug-likeness (QED) is 0.709. The number of benzene rings is 2. The Hall–Kier alpha value is -3.05. The van der Waals surface area contributed by atoms with Crippen molar-refractivity contribution in [2.75, 3.05) is 6.54 Å². The van der Waals surface area contributed by atoms with Crippen LogP contribution in [0.15, 0.2) is 71.3 Å². The number of para-hydroxylation sites is 2. The molecule has 1 aromatic heterocycles. The molecule has 5 heteroatoms. The Labute approximate surface area is 163 Å². The molecule has 1 amide bonds. The lowest BCUT2D eigenvalue weighted by atomic mass is 9.86. The van der Waals surface area contributed by atoms with Gasteiger partial charge in [0.2, 0.25) is 5.91 Å². The molecule has 1 aliphatic heterocycles. The summed E-state index contributed by atoms with van der Waals surface area (Å²) in [6, 6.07) is 18.7. The number of fused-ring (bicyclic) bond motifs is 2. The van der Waals surface area contributed by atoms with Crippen molar-refractivity contribution in [3.05, 3.63) is 83.8 Å². The van der Waals surface area contributed by atoms with E-state index in [1.54, 1.807) is 18.4 Å². The second-order valence-electron chi connectivity index (χ2n) is 7.50. The molecular formula is C23H21NO4. The van der Waals surface area contributed by atoms with Gasteiger partial charge in [0.15, 0.2) is 0 Å². The van der Waals surface area contributed by atoms with Crippen LogP contribution in [0, 0.1) is 5.92 Å². The average molecular weight is 375 g/mol. The molecule has 0 unspecified atom stereocenters. The lowest BCUT2D eigenvalue weighted by Crippen LogP contribution is -2.44. The molecule has 1 atom stereocenters. The summed E-state index contributed by atoms with van der Waals surface area (Å²) in [7, 11) is 0. The van der Waals surface area contributed by atoms with Gasteiger partial charge in [0, 0.05) is 11.1 Å². The van der Waals surface area contributed by atoms with E-state index in [9.17, 15) is 9.90 Å². The van der Waals surface area contributed by atoms with Crippen LogP contribution in [-0.4, -0.2) is 17.6 Å². The van der Waals surface area contributed by atoms with Gasteiger partial charge in [-0.15, -0.1) is 0 Å². The first kappa shape index (κ1) is 17.1. The van der Waals surface area contributed by atoms with Crippen molar-refractivity contribution in [2.45, 2.75) is 24.4 Å². The van der Waals surface area contributed by atoms with Crippen LogP contribution < -0.4 is 10.1 Å². The number of hydrogen-bond acceptors (Lipinski definition) is 4. The maximum atomic E-state index is 13.3. The van der Waals surface area contributed by atoms with Crippen LogP contribution in [0.4, 0.5) is 0 Å². The third-order valence-corrected chi connectivity index (χ3v) is 5.67. The van der Waals surface area contributed by atoms with E-state index in [-0.39, 0.29) is 18.4 Å². The number of aliphatic hydroxyl groups is 1. The highest BCUT2D eigenvalue weighted by Gasteiger charge is 2.47. The van der Waals surface area contributed by atoms with Gasteiger partial charge in [-0.05, 0) is 43.0 Å². The highest BCUT2D eigenvalue weighted by molar-refractivity contribution is 5.89. The Morgan fingerprint density at radius 1 is 1.00 bits per heavy atom. The highest BCUT2D eigenvalue weighted by atomic mass is 16.5. The van der Waals surface area contributed by atoms with Crippen molar-refractivity contribution in [1.29, 1.82) is 0 Å². The van der Waals surface area contributed by atoms with Gasteiger partial charge in [0.1, 0.15) is 22.9 Å². The summed E-state index contributed by atoms with van der Waals surface area (Å²) in [4.78, 5) is 13.3. The summed E-state index contributed by atoms with van der Waals surface area (Å²) in [5.74, 6) is 1.33. The van der Waals surface area contributed by atoms with Gasteiger partial charge < -0.3 is 19.6 Å². The van der Waals surface area contributed by atoms with E-state index in [2.05, 4.69) is 5.32 Å². The number of carbonyl (C=O) groups excluding carboxylic acids is 1. The largest absolute Gasteiger partial charge is 0.466 e. The van der Waals surface area contributed by atoms with Crippen molar-refractivity contribution in [1.82, 2.24) is 5.32 Å². The van der Waals surface area contributed by atoms with Gasteiger partial charge in [-0.3, -0.25) is 4.79 Å². The van der Waals surface area contributed by atoms with E-state index in [0.717, 1.165) is 24.0 Å². The van der Waals surface area contributed by atoms with Crippen LogP contribution in [0.2, 0.25) is 0 Å². The molecule has 0 saturated heterocycles. The van der Waals surface area contributed by atoms with Crippen molar-refractivity contribution in [3.63, 3.8) is 0 Å². The number of carbonyl (C=O) groups is 1. The van der Waals surface area contributed by atoms with E-state index >= 15 is 0 Å². The van der Waals surface area contributed by atoms with Gasteiger partial charge in [-0.2, -0.15) is 0 Å². The van der Waals surface area contributed by atoms with Crippen molar-refractivity contribution in [3.8, 4) is 11.5 Å². The van der Waals surface area contributed by atoms with Crippen LogP contribution in [0.1, 0.15) is 35.6 Å². The zero-order valence-corrected chi connectivity index (χ0v) is 15.3.